The smallest absolute Gasteiger partial charge is 0.291 e. The van der Waals surface area contributed by atoms with Crippen LogP contribution in [0.1, 0.15) is 23.4 Å². The number of fused-ring (bicyclic) bond motifs is 1. The number of nitrogens with zero attached hydrogens (tertiary/aromatic N) is 5. The Hall–Kier alpha value is -3.13. The van der Waals surface area contributed by atoms with Crippen molar-refractivity contribution in [1.82, 2.24) is 24.4 Å². The van der Waals surface area contributed by atoms with E-state index in [9.17, 15) is 9.59 Å². The van der Waals surface area contributed by atoms with Crippen LogP contribution in [0.2, 0.25) is 0 Å². The summed E-state index contributed by atoms with van der Waals surface area (Å²) in [6.07, 6.45) is 2.68. The van der Waals surface area contributed by atoms with Crippen LogP contribution in [0, 0.1) is 20.8 Å². The summed E-state index contributed by atoms with van der Waals surface area (Å²) < 4.78 is 2.98. The van der Waals surface area contributed by atoms with E-state index in [1.165, 1.54) is 21.5 Å². The van der Waals surface area contributed by atoms with E-state index in [-0.39, 0.29) is 18.0 Å². The number of carbonyl (C=O) groups is 1. The summed E-state index contributed by atoms with van der Waals surface area (Å²) in [4.78, 5) is 29.7. The van der Waals surface area contributed by atoms with Crippen LogP contribution in [-0.4, -0.2) is 64.3 Å². The van der Waals surface area contributed by atoms with Gasteiger partial charge >= 0.3 is 0 Å². The molecule has 1 saturated heterocycles. The van der Waals surface area contributed by atoms with Crippen molar-refractivity contribution >= 4 is 17.1 Å². The van der Waals surface area contributed by atoms with E-state index in [2.05, 4.69) is 52.3 Å². The molecule has 0 radical (unpaired) electrons. The fourth-order valence-corrected chi connectivity index (χ4v) is 4.34. The van der Waals surface area contributed by atoms with Gasteiger partial charge in [-0.1, -0.05) is 12.1 Å². The lowest BCUT2D eigenvalue weighted by atomic mass is 10.1. The molecule has 0 unspecified atom stereocenters. The number of nitrogens with one attached hydrogen (secondary N) is 1. The number of amides is 1. The zero-order valence-electron chi connectivity index (χ0n) is 19.2. The SMILES string of the molecule is Cc1ccc(C)c(N2CCN(CCCNC(=O)Cn3nc(C)n4cccc4c3=O)CC2)c1. The fraction of sp³-hybridized carbons (Fsp3) is 0.458. The van der Waals surface area contributed by atoms with E-state index in [0.29, 0.717) is 17.9 Å². The first-order chi connectivity index (χ1) is 15.4. The van der Waals surface area contributed by atoms with Gasteiger partial charge in [0.25, 0.3) is 5.56 Å². The van der Waals surface area contributed by atoms with Gasteiger partial charge < -0.3 is 10.2 Å². The zero-order chi connectivity index (χ0) is 22.7. The van der Waals surface area contributed by atoms with Gasteiger partial charge in [-0.3, -0.25) is 18.9 Å². The Labute approximate surface area is 188 Å². The second-order valence-electron chi connectivity index (χ2n) is 8.60. The van der Waals surface area contributed by atoms with Crippen molar-refractivity contribution in [2.45, 2.75) is 33.7 Å². The van der Waals surface area contributed by atoms with Gasteiger partial charge in [0.05, 0.1) is 0 Å². The molecule has 2 aromatic heterocycles. The first-order valence-electron chi connectivity index (χ1n) is 11.3. The third kappa shape index (κ3) is 4.85. The average Bonchev–Trinajstić information content (AvgIpc) is 3.28. The molecule has 8 nitrogen and oxygen atoms in total. The highest BCUT2D eigenvalue weighted by Gasteiger charge is 2.18. The minimum Gasteiger partial charge on any atom is -0.369 e. The minimum atomic E-state index is -0.252. The Kier molecular flexibility index (Phi) is 6.60. The second kappa shape index (κ2) is 9.56. The van der Waals surface area contributed by atoms with Crippen LogP contribution in [0.15, 0.2) is 41.3 Å². The first-order valence-corrected chi connectivity index (χ1v) is 11.3. The molecule has 0 saturated carbocycles. The van der Waals surface area contributed by atoms with Gasteiger partial charge in [-0.15, -0.1) is 0 Å². The summed E-state index contributed by atoms with van der Waals surface area (Å²) in [6, 6.07) is 10.2. The highest BCUT2D eigenvalue weighted by molar-refractivity contribution is 5.75. The second-order valence-corrected chi connectivity index (χ2v) is 8.60. The maximum absolute atomic E-state index is 12.5. The molecule has 0 spiro atoms. The van der Waals surface area contributed by atoms with E-state index in [1.54, 1.807) is 22.7 Å². The molecule has 170 valence electrons. The van der Waals surface area contributed by atoms with Crippen molar-refractivity contribution < 1.29 is 4.79 Å². The Morgan fingerprint density at radius 1 is 1.09 bits per heavy atom. The normalized spacial score (nSPS) is 14.8. The number of hydrogen-bond donors (Lipinski definition) is 1. The maximum Gasteiger partial charge on any atom is 0.291 e. The Morgan fingerprint density at radius 3 is 2.66 bits per heavy atom. The van der Waals surface area contributed by atoms with E-state index in [1.807, 2.05) is 6.92 Å². The number of benzene rings is 1. The number of hydrogen-bond acceptors (Lipinski definition) is 5. The minimum absolute atomic E-state index is 0.0597. The lowest BCUT2D eigenvalue weighted by Crippen LogP contribution is -2.47. The van der Waals surface area contributed by atoms with E-state index >= 15 is 0 Å². The first kappa shape index (κ1) is 22.1. The van der Waals surface area contributed by atoms with Crippen LogP contribution in [-0.2, 0) is 11.3 Å². The average molecular weight is 437 g/mol. The van der Waals surface area contributed by atoms with Gasteiger partial charge in [0.15, 0.2) is 0 Å². The Morgan fingerprint density at radius 2 is 1.88 bits per heavy atom. The topological polar surface area (TPSA) is 74.9 Å². The molecule has 0 atom stereocenters. The van der Waals surface area contributed by atoms with Crippen LogP contribution in [0.25, 0.3) is 5.52 Å². The highest BCUT2D eigenvalue weighted by atomic mass is 16.2. The van der Waals surface area contributed by atoms with Crippen molar-refractivity contribution in [2.24, 2.45) is 0 Å². The summed E-state index contributed by atoms with van der Waals surface area (Å²) in [5, 5.41) is 7.18. The van der Waals surface area contributed by atoms with Crippen molar-refractivity contribution in [2.75, 3.05) is 44.2 Å². The molecule has 3 aromatic rings. The number of piperazine rings is 1. The predicted octanol–water partition coefficient (Wildman–Crippen LogP) is 1.75. The zero-order valence-corrected chi connectivity index (χ0v) is 19.2. The molecule has 32 heavy (non-hydrogen) atoms. The van der Waals surface area contributed by atoms with Crippen LogP contribution in [0.3, 0.4) is 0 Å². The van der Waals surface area contributed by atoms with Crippen LogP contribution in [0.4, 0.5) is 5.69 Å². The molecule has 1 aliphatic heterocycles. The summed E-state index contributed by atoms with van der Waals surface area (Å²) >= 11 is 0. The highest BCUT2D eigenvalue weighted by Crippen LogP contribution is 2.22. The van der Waals surface area contributed by atoms with Crippen molar-refractivity contribution in [3.8, 4) is 0 Å². The molecule has 3 heterocycles. The number of rotatable bonds is 7. The lowest BCUT2D eigenvalue weighted by Gasteiger charge is -2.37. The van der Waals surface area contributed by atoms with Gasteiger partial charge in [0.2, 0.25) is 5.91 Å². The molecule has 1 N–H and O–H groups in total. The molecule has 0 bridgehead atoms. The standard InChI is InChI=1S/C24H32N6O2/c1-18-7-8-19(2)22(16-18)28-14-12-27(13-15-28)10-5-9-25-23(31)17-30-24(32)21-6-4-11-29(21)20(3)26-30/h4,6-8,11,16H,5,9-10,12-15,17H2,1-3H3,(H,25,31). The Bertz CT molecular complexity index is 1160. The summed E-state index contributed by atoms with van der Waals surface area (Å²) in [5.74, 6) is 0.493. The van der Waals surface area contributed by atoms with Gasteiger partial charge in [-0.2, -0.15) is 5.10 Å². The number of aromatic nitrogens is 3. The summed E-state index contributed by atoms with van der Waals surface area (Å²) in [5.41, 5.74) is 4.24. The number of carbonyl (C=O) groups excluding carboxylic acids is 1. The number of aryl methyl sites for hydroxylation is 3. The van der Waals surface area contributed by atoms with Crippen LogP contribution >= 0.6 is 0 Å². The van der Waals surface area contributed by atoms with Crippen molar-refractivity contribution in [1.29, 1.82) is 0 Å². The molecular formula is C24H32N6O2. The van der Waals surface area contributed by atoms with E-state index < -0.39 is 0 Å². The van der Waals surface area contributed by atoms with E-state index in [0.717, 1.165) is 39.1 Å². The third-order valence-corrected chi connectivity index (χ3v) is 6.16. The molecule has 1 fully saturated rings. The molecule has 8 heteroatoms. The van der Waals surface area contributed by atoms with Gasteiger partial charge in [0.1, 0.15) is 17.9 Å². The van der Waals surface area contributed by atoms with Gasteiger partial charge in [-0.25, -0.2) is 4.68 Å². The van der Waals surface area contributed by atoms with E-state index in [4.69, 9.17) is 0 Å². The third-order valence-electron chi connectivity index (χ3n) is 6.16. The lowest BCUT2D eigenvalue weighted by molar-refractivity contribution is -0.121. The molecular weight excluding hydrogens is 404 g/mol. The molecule has 1 aromatic carbocycles. The van der Waals surface area contributed by atoms with Crippen molar-refractivity contribution in [3.63, 3.8) is 0 Å². The van der Waals surface area contributed by atoms with Crippen LogP contribution in [0.5, 0.6) is 0 Å². The fourth-order valence-electron chi connectivity index (χ4n) is 4.34. The quantitative estimate of drug-likeness (QED) is 0.571. The summed E-state index contributed by atoms with van der Waals surface area (Å²) in [7, 11) is 0. The Balaban J connectivity index is 1.20. The largest absolute Gasteiger partial charge is 0.369 e. The molecule has 1 aliphatic rings. The van der Waals surface area contributed by atoms with Crippen molar-refractivity contribution in [3.05, 3.63) is 63.8 Å². The molecule has 1 amide bonds. The molecule has 4 rings (SSSR count). The predicted molar refractivity (Wildman–Crippen MR) is 126 cm³/mol. The summed E-state index contributed by atoms with van der Waals surface area (Å²) in [6.45, 7) is 11.7. The number of anilines is 1. The maximum atomic E-state index is 12.5. The monoisotopic (exact) mass is 436 g/mol. The van der Waals surface area contributed by atoms with Gasteiger partial charge in [0, 0.05) is 44.6 Å². The van der Waals surface area contributed by atoms with Crippen LogP contribution < -0.4 is 15.8 Å². The molecule has 0 aliphatic carbocycles. The van der Waals surface area contributed by atoms with Gasteiger partial charge in [-0.05, 0) is 63.1 Å².